The first-order chi connectivity index (χ1) is 6.81. The molecule has 0 N–H and O–H groups in total. The Bertz CT molecular complexity index is 249. The van der Waals surface area contributed by atoms with E-state index in [1.165, 1.54) is 31.4 Å². The van der Waals surface area contributed by atoms with Gasteiger partial charge in [-0.15, -0.1) is 0 Å². The third-order valence-electron chi connectivity index (χ3n) is 3.58. The van der Waals surface area contributed by atoms with Crippen molar-refractivity contribution in [3.05, 3.63) is 11.3 Å². The second-order valence-electron chi connectivity index (χ2n) is 4.60. The summed E-state index contributed by atoms with van der Waals surface area (Å²) in [6, 6.07) is 0. The lowest BCUT2D eigenvalue weighted by atomic mass is 9.92. The molecule has 0 saturated heterocycles. The molecule has 0 spiro atoms. The fraction of sp³-hybridized carbons (Fsp3) is 0.750. The van der Waals surface area contributed by atoms with Gasteiger partial charge in [-0.2, -0.15) is 0 Å². The zero-order chi connectivity index (χ0) is 9.97. The summed E-state index contributed by atoms with van der Waals surface area (Å²) in [4.78, 5) is 6.62. The van der Waals surface area contributed by atoms with E-state index >= 15 is 0 Å². The van der Waals surface area contributed by atoms with Crippen LogP contribution >= 0.6 is 0 Å². The smallest absolute Gasteiger partial charge is 0.0416 e. The molecule has 0 bridgehead atoms. The normalized spacial score (nSPS) is 25.8. The fourth-order valence-corrected chi connectivity index (χ4v) is 2.74. The van der Waals surface area contributed by atoms with E-state index in [0.29, 0.717) is 0 Å². The Kier molecular flexibility index (Phi) is 3.02. The van der Waals surface area contributed by atoms with Gasteiger partial charge in [0.2, 0.25) is 0 Å². The number of likely N-dealkylation sites (N-methyl/N-ethyl adjacent to an activating group) is 1. The van der Waals surface area contributed by atoms with Gasteiger partial charge in [0, 0.05) is 25.2 Å². The maximum atomic E-state index is 4.21. The van der Waals surface area contributed by atoms with E-state index in [0.717, 1.165) is 25.4 Å². The van der Waals surface area contributed by atoms with Gasteiger partial charge in [0.15, 0.2) is 0 Å². The van der Waals surface area contributed by atoms with Crippen LogP contribution in [0.3, 0.4) is 0 Å². The molecule has 1 fully saturated rings. The van der Waals surface area contributed by atoms with Crippen molar-refractivity contribution < 1.29 is 0 Å². The quantitative estimate of drug-likeness (QED) is 0.614. The van der Waals surface area contributed by atoms with Crippen LogP contribution in [0.15, 0.2) is 16.3 Å². The number of hydrogen-bond acceptors (Lipinski definition) is 2. The van der Waals surface area contributed by atoms with Gasteiger partial charge in [-0.05, 0) is 38.1 Å². The minimum atomic E-state index is 0.818. The molecule has 0 unspecified atom stereocenters. The standard InChI is InChI=1S/C12H20N2/c1-13-12-7-8-14(2)9-11(12)10-5-3-4-6-10/h10H,1,3-9H2,2H3. The van der Waals surface area contributed by atoms with Crippen LogP contribution in [-0.2, 0) is 0 Å². The zero-order valence-corrected chi connectivity index (χ0v) is 9.13. The SMILES string of the molecule is C=NC1=C(C2CCCC2)CN(C)CC1. The molecule has 0 aromatic carbocycles. The largest absolute Gasteiger partial charge is 0.302 e. The van der Waals surface area contributed by atoms with Crippen LogP contribution in [0.5, 0.6) is 0 Å². The summed E-state index contributed by atoms with van der Waals surface area (Å²) in [5, 5.41) is 0. The number of aliphatic imine (C=N–C) groups is 1. The van der Waals surface area contributed by atoms with Crippen molar-refractivity contribution in [1.29, 1.82) is 0 Å². The molecule has 78 valence electrons. The molecule has 2 nitrogen and oxygen atoms in total. The Balaban J connectivity index is 2.17. The van der Waals surface area contributed by atoms with E-state index in [4.69, 9.17) is 0 Å². The lowest BCUT2D eigenvalue weighted by Crippen LogP contribution is -2.29. The van der Waals surface area contributed by atoms with Crippen LogP contribution in [0.1, 0.15) is 32.1 Å². The lowest BCUT2D eigenvalue weighted by molar-refractivity contribution is 0.328. The number of rotatable bonds is 2. The molecular weight excluding hydrogens is 172 g/mol. The first-order valence-electron chi connectivity index (χ1n) is 5.68. The average molecular weight is 192 g/mol. The molecule has 1 aliphatic carbocycles. The van der Waals surface area contributed by atoms with Gasteiger partial charge in [-0.3, -0.25) is 4.99 Å². The van der Waals surface area contributed by atoms with Crippen LogP contribution in [-0.4, -0.2) is 31.8 Å². The van der Waals surface area contributed by atoms with Crippen LogP contribution in [0, 0.1) is 5.92 Å². The molecule has 14 heavy (non-hydrogen) atoms. The molecular formula is C12H20N2. The highest BCUT2D eigenvalue weighted by molar-refractivity contribution is 5.33. The van der Waals surface area contributed by atoms with Gasteiger partial charge < -0.3 is 4.90 Å². The third-order valence-corrected chi connectivity index (χ3v) is 3.58. The molecule has 1 aliphatic heterocycles. The average Bonchev–Trinajstić information content (AvgIpc) is 2.70. The van der Waals surface area contributed by atoms with E-state index < -0.39 is 0 Å². The van der Waals surface area contributed by atoms with Crippen molar-refractivity contribution in [2.45, 2.75) is 32.1 Å². The Morgan fingerprint density at radius 1 is 1.36 bits per heavy atom. The molecule has 0 radical (unpaired) electrons. The minimum Gasteiger partial charge on any atom is -0.302 e. The van der Waals surface area contributed by atoms with Crippen LogP contribution in [0.2, 0.25) is 0 Å². The van der Waals surface area contributed by atoms with Gasteiger partial charge in [0.05, 0.1) is 0 Å². The van der Waals surface area contributed by atoms with E-state index in [1.807, 2.05) is 0 Å². The molecule has 2 aliphatic rings. The Morgan fingerprint density at radius 2 is 2.07 bits per heavy atom. The zero-order valence-electron chi connectivity index (χ0n) is 9.13. The maximum Gasteiger partial charge on any atom is 0.0416 e. The van der Waals surface area contributed by atoms with Crippen LogP contribution in [0.25, 0.3) is 0 Å². The second-order valence-corrected chi connectivity index (χ2v) is 4.60. The molecule has 0 aromatic heterocycles. The first kappa shape index (κ1) is 9.91. The Morgan fingerprint density at radius 3 is 2.71 bits per heavy atom. The van der Waals surface area contributed by atoms with Crippen molar-refractivity contribution in [2.75, 3.05) is 20.1 Å². The van der Waals surface area contributed by atoms with E-state index in [2.05, 4.69) is 23.7 Å². The summed E-state index contributed by atoms with van der Waals surface area (Å²) < 4.78 is 0. The van der Waals surface area contributed by atoms with Gasteiger partial charge >= 0.3 is 0 Å². The maximum absolute atomic E-state index is 4.21. The van der Waals surface area contributed by atoms with Crippen molar-refractivity contribution in [3.8, 4) is 0 Å². The highest BCUT2D eigenvalue weighted by Gasteiger charge is 2.25. The van der Waals surface area contributed by atoms with Gasteiger partial charge in [0.1, 0.15) is 0 Å². The predicted octanol–water partition coefficient (Wildman–Crippen LogP) is 2.47. The van der Waals surface area contributed by atoms with E-state index in [-0.39, 0.29) is 0 Å². The second kappa shape index (κ2) is 4.26. The van der Waals surface area contributed by atoms with E-state index in [9.17, 15) is 0 Å². The summed E-state index contributed by atoms with van der Waals surface area (Å²) >= 11 is 0. The van der Waals surface area contributed by atoms with Crippen molar-refractivity contribution in [2.24, 2.45) is 10.9 Å². The molecule has 2 rings (SSSR count). The van der Waals surface area contributed by atoms with Crippen molar-refractivity contribution >= 4 is 6.72 Å². The van der Waals surface area contributed by atoms with Crippen molar-refractivity contribution in [1.82, 2.24) is 4.90 Å². The molecule has 0 aromatic rings. The van der Waals surface area contributed by atoms with Crippen LogP contribution < -0.4 is 0 Å². The molecule has 2 heteroatoms. The van der Waals surface area contributed by atoms with Gasteiger partial charge in [0.25, 0.3) is 0 Å². The summed E-state index contributed by atoms with van der Waals surface area (Å²) in [6.45, 7) is 5.97. The first-order valence-corrected chi connectivity index (χ1v) is 5.68. The van der Waals surface area contributed by atoms with Gasteiger partial charge in [-0.1, -0.05) is 12.8 Å². The summed E-state index contributed by atoms with van der Waals surface area (Å²) in [7, 11) is 2.20. The Labute approximate surface area is 86.7 Å². The minimum absolute atomic E-state index is 0.818. The summed E-state index contributed by atoms with van der Waals surface area (Å²) in [5.41, 5.74) is 2.89. The van der Waals surface area contributed by atoms with E-state index in [1.54, 1.807) is 5.57 Å². The van der Waals surface area contributed by atoms with Gasteiger partial charge in [-0.25, -0.2) is 0 Å². The molecule has 1 saturated carbocycles. The molecule has 0 amide bonds. The number of nitrogens with zero attached hydrogens (tertiary/aromatic N) is 2. The molecule has 0 atom stereocenters. The summed E-state index contributed by atoms with van der Waals surface area (Å²) in [6.07, 6.45) is 6.67. The lowest BCUT2D eigenvalue weighted by Gasteiger charge is -2.29. The highest BCUT2D eigenvalue weighted by Crippen LogP contribution is 2.35. The predicted molar refractivity (Wildman–Crippen MR) is 60.6 cm³/mol. The Hall–Kier alpha value is -0.630. The highest BCUT2D eigenvalue weighted by atomic mass is 15.1. The summed E-state index contributed by atoms with van der Waals surface area (Å²) in [5.74, 6) is 0.818. The topological polar surface area (TPSA) is 15.6 Å². The number of hydrogen-bond donors (Lipinski definition) is 0. The molecule has 1 heterocycles. The fourth-order valence-electron chi connectivity index (χ4n) is 2.74. The van der Waals surface area contributed by atoms with Crippen LogP contribution in [0.4, 0.5) is 0 Å². The van der Waals surface area contributed by atoms with Crippen molar-refractivity contribution in [3.63, 3.8) is 0 Å². The third kappa shape index (κ3) is 1.90. The monoisotopic (exact) mass is 192 g/mol.